The predicted octanol–water partition coefficient (Wildman–Crippen LogP) is 2.62. The van der Waals surface area contributed by atoms with Gasteiger partial charge in [0.25, 0.3) is 0 Å². The topological polar surface area (TPSA) is 39.7 Å². The van der Waals surface area contributed by atoms with Crippen LogP contribution in [-0.4, -0.2) is 39.1 Å². The quantitative estimate of drug-likeness (QED) is 0.706. The third-order valence-electron chi connectivity index (χ3n) is 2.56. The summed E-state index contributed by atoms with van der Waals surface area (Å²) < 4.78 is 16.6. The van der Waals surface area contributed by atoms with E-state index in [0.29, 0.717) is 26.4 Å². The Labute approximate surface area is 122 Å². The molecule has 0 fully saturated rings. The molecule has 0 radical (unpaired) electrons. The minimum absolute atomic E-state index is 0.102. The number of ether oxygens (including phenoxy) is 3. The second kappa shape index (κ2) is 8.95. The van der Waals surface area contributed by atoms with Gasteiger partial charge < -0.3 is 19.5 Å². The van der Waals surface area contributed by atoms with Crippen LogP contribution < -0.4 is 10.1 Å². The van der Waals surface area contributed by atoms with Gasteiger partial charge in [-0.2, -0.15) is 0 Å². The highest BCUT2D eigenvalue weighted by Gasteiger charge is 2.08. The zero-order valence-corrected chi connectivity index (χ0v) is 13.1. The molecule has 0 heterocycles. The fourth-order valence-electron chi connectivity index (χ4n) is 1.63. The van der Waals surface area contributed by atoms with Gasteiger partial charge in [0.05, 0.1) is 25.4 Å². The largest absolute Gasteiger partial charge is 0.491 e. The van der Waals surface area contributed by atoms with E-state index in [9.17, 15) is 0 Å². The number of benzene rings is 1. The summed E-state index contributed by atoms with van der Waals surface area (Å²) in [7, 11) is 1.94. The van der Waals surface area contributed by atoms with Gasteiger partial charge in [0.2, 0.25) is 0 Å². The zero-order chi connectivity index (χ0) is 14.8. The summed E-state index contributed by atoms with van der Waals surface area (Å²) in [6, 6.07) is 8.08. The molecular formula is C16H27NO3. The maximum Gasteiger partial charge on any atom is 0.119 e. The van der Waals surface area contributed by atoms with Gasteiger partial charge in [-0.15, -0.1) is 0 Å². The van der Waals surface area contributed by atoms with E-state index >= 15 is 0 Å². The normalized spacial score (nSPS) is 11.6. The van der Waals surface area contributed by atoms with E-state index < -0.39 is 0 Å². The van der Waals surface area contributed by atoms with Crippen LogP contribution in [0.1, 0.15) is 26.3 Å². The Balaban J connectivity index is 2.06. The first-order valence-corrected chi connectivity index (χ1v) is 7.09. The third kappa shape index (κ3) is 8.15. The van der Waals surface area contributed by atoms with Gasteiger partial charge in [-0.1, -0.05) is 12.1 Å². The van der Waals surface area contributed by atoms with E-state index in [1.807, 2.05) is 40.0 Å². The van der Waals surface area contributed by atoms with Crippen LogP contribution in [0.4, 0.5) is 0 Å². The summed E-state index contributed by atoms with van der Waals surface area (Å²) in [5.41, 5.74) is 1.14. The van der Waals surface area contributed by atoms with Gasteiger partial charge in [-0.3, -0.25) is 0 Å². The molecule has 1 aromatic carbocycles. The Morgan fingerprint density at radius 3 is 2.20 bits per heavy atom. The molecule has 0 unspecified atom stereocenters. The Bertz CT molecular complexity index is 357. The summed E-state index contributed by atoms with van der Waals surface area (Å²) in [6.07, 6.45) is 0. The highest BCUT2D eigenvalue weighted by Crippen LogP contribution is 2.11. The van der Waals surface area contributed by atoms with Crippen molar-refractivity contribution in [2.24, 2.45) is 0 Å². The molecule has 4 nitrogen and oxygen atoms in total. The summed E-state index contributed by atoms with van der Waals surface area (Å²) in [5.74, 6) is 0.874. The first-order valence-electron chi connectivity index (χ1n) is 7.09. The molecule has 4 heteroatoms. The molecule has 0 aliphatic carbocycles. The van der Waals surface area contributed by atoms with Crippen LogP contribution in [0.5, 0.6) is 5.75 Å². The van der Waals surface area contributed by atoms with Gasteiger partial charge in [-0.25, -0.2) is 0 Å². The van der Waals surface area contributed by atoms with Crippen LogP contribution in [0, 0.1) is 0 Å². The summed E-state index contributed by atoms with van der Waals surface area (Å²) >= 11 is 0. The van der Waals surface area contributed by atoms with Crippen molar-refractivity contribution < 1.29 is 14.2 Å². The average molecular weight is 281 g/mol. The number of hydrogen-bond donors (Lipinski definition) is 1. The molecule has 1 aromatic rings. The lowest BCUT2D eigenvalue weighted by molar-refractivity contribution is -0.0375. The first kappa shape index (κ1) is 17.0. The Morgan fingerprint density at radius 2 is 1.60 bits per heavy atom. The summed E-state index contributed by atoms with van der Waals surface area (Å²) in [5, 5.41) is 3.11. The van der Waals surface area contributed by atoms with Crippen LogP contribution in [0.2, 0.25) is 0 Å². The monoisotopic (exact) mass is 281 g/mol. The van der Waals surface area contributed by atoms with Gasteiger partial charge in [-0.05, 0) is 45.5 Å². The van der Waals surface area contributed by atoms with E-state index in [1.165, 1.54) is 5.56 Å². The molecule has 1 N–H and O–H groups in total. The maximum absolute atomic E-state index is 5.60. The first-order chi connectivity index (χ1) is 9.51. The summed E-state index contributed by atoms with van der Waals surface area (Å²) in [4.78, 5) is 0. The van der Waals surface area contributed by atoms with E-state index in [2.05, 4.69) is 17.4 Å². The smallest absolute Gasteiger partial charge is 0.119 e. The molecule has 0 saturated carbocycles. The van der Waals surface area contributed by atoms with Crippen molar-refractivity contribution >= 4 is 0 Å². The second-order valence-electron chi connectivity index (χ2n) is 5.60. The van der Waals surface area contributed by atoms with Crippen molar-refractivity contribution in [1.29, 1.82) is 0 Å². The highest BCUT2D eigenvalue weighted by atomic mass is 16.5. The minimum atomic E-state index is -0.102. The lowest BCUT2D eigenvalue weighted by atomic mass is 10.2. The molecule has 0 bridgehead atoms. The molecule has 0 aliphatic rings. The van der Waals surface area contributed by atoms with Crippen molar-refractivity contribution in [2.75, 3.05) is 33.5 Å². The summed E-state index contributed by atoms with van der Waals surface area (Å²) in [6.45, 7) is 9.32. The van der Waals surface area contributed by atoms with Crippen LogP contribution in [-0.2, 0) is 16.0 Å². The Morgan fingerprint density at radius 1 is 0.950 bits per heavy atom. The highest BCUT2D eigenvalue weighted by molar-refractivity contribution is 5.27. The van der Waals surface area contributed by atoms with Crippen LogP contribution >= 0.6 is 0 Å². The van der Waals surface area contributed by atoms with Gasteiger partial charge in [0.15, 0.2) is 0 Å². The van der Waals surface area contributed by atoms with E-state index in [1.54, 1.807) is 0 Å². The second-order valence-corrected chi connectivity index (χ2v) is 5.60. The zero-order valence-electron chi connectivity index (χ0n) is 13.1. The van der Waals surface area contributed by atoms with Crippen molar-refractivity contribution in [2.45, 2.75) is 32.9 Å². The van der Waals surface area contributed by atoms with Crippen LogP contribution in [0.3, 0.4) is 0 Å². The molecular weight excluding hydrogens is 254 g/mol. The number of rotatable bonds is 9. The minimum Gasteiger partial charge on any atom is -0.491 e. The maximum atomic E-state index is 5.60. The van der Waals surface area contributed by atoms with Crippen LogP contribution in [0.25, 0.3) is 0 Å². The third-order valence-corrected chi connectivity index (χ3v) is 2.56. The molecule has 0 saturated heterocycles. The molecule has 0 spiro atoms. The Hall–Kier alpha value is -1.10. The van der Waals surface area contributed by atoms with E-state index in [-0.39, 0.29) is 5.60 Å². The average Bonchev–Trinajstić information content (AvgIpc) is 2.38. The molecule has 0 atom stereocenters. The molecule has 114 valence electrons. The van der Waals surface area contributed by atoms with Crippen molar-refractivity contribution in [3.63, 3.8) is 0 Å². The van der Waals surface area contributed by atoms with Gasteiger partial charge >= 0.3 is 0 Å². The lowest BCUT2D eigenvalue weighted by Crippen LogP contribution is -2.22. The van der Waals surface area contributed by atoms with Gasteiger partial charge in [0.1, 0.15) is 12.4 Å². The lowest BCUT2D eigenvalue weighted by Gasteiger charge is -2.19. The van der Waals surface area contributed by atoms with Gasteiger partial charge in [0, 0.05) is 6.54 Å². The van der Waals surface area contributed by atoms with E-state index in [0.717, 1.165) is 12.3 Å². The van der Waals surface area contributed by atoms with Crippen molar-refractivity contribution in [3.05, 3.63) is 29.8 Å². The fourth-order valence-corrected chi connectivity index (χ4v) is 1.63. The Kier molecular flexibility index (Phi) is 7.59. The van der Waals surface area contributed by atoms with Crippen molar-refractivity contribution in [3.8, 4) is 5.75 Å². The molecule has 20 heavy (non-hydrogen) atoms. The van der Waals surface area contributed by atoms with E-state index in [4.69, 9.17) is 14.2 Å². The van der Waals surface area contributed by atoms with Crippen molar-refractivity contribution in [1.82, 2.24) is 5.32 Å². The molecule has 0 amide bonds. The van der Waals surface area contributed by atoms with Crippen LogP contribution in [0.15, 0.2) is 24.3 Å². The SMILES string of the molecule is CNCc1ccc(OCCOCCOC(C)(C)C)cc1. The predicted molar refractivity (Wildman–Crippen MR) is 81.2 cm³/mol. The fraction of sp³-hybridized carbons (Fsp3) is 0.625. The number of nitrogens with one attached hydrogen (secondary N) is 1. The standard InChI is InChI=1S/C16H27NO3/c1-16(2,3)20-12-10-18-9-11-19-15-7-5-14(6-8-15)13-17-4/h5-8,17H,9-13H2,1-4H3. The molecule has 1 rings (SSSR count). The molecule has 0 aliphatic heterocycles. The molecule has 0 aromatic heterocycles. The number of hydrogen-bond acceptors (Lipinski definition) is 4.